The first-order valence-electron chi connectivity index (χ1n) is 6.55. The average Bonchev–Trinajstić information content (AvgIpc) is 2.54. The molecule has 22 heavy (non-hydrogen) atoms. The van der Waals surface area contributed by atoms with Crippen molar-refractivity contribution in [2.45, 2.75) is 0 Å². The molecule has 0 radical (unpaired) electrons. The van der Waals surface area contributed by atoms with Crippen molar-refractivity contribution < 1.29 is 9.53 Å². The van der Waals surface area contributed by atoms with Crippen molar-refractivity contribution in [3.63, 3.8) is 0 Å². The van der Waals surface area contributed by atoms with E-state index in [2.05, 4.69) is 16.4 Å². The second-order valence-corrected chi connectivity index (χ2v) is 4.35. The molecule has 0 fully saturated rings. The number of nitrogens with one attached hydrogen (secondary N) is 1. The maximum Gasteiger partial charge on any atom is 0.271 e. The molecular formula is C17H15N3O2. The van der Waals surface area contributed by atoms with E-state index in [-0.39, 0.29) is 12.5 Å². The van der Waals surface area contributed by atoms with Crippen LogP contribution in [0.3, 0.4) is 0 Å². The summed E-state index contributed by atoms with van der Waals surface area (Å²) in [4.78, 5) is 11.9. The molecule has 0 saturated heterocycles. The van der Waals surface area contributed by atoms with E-state index in [0.717, 1.165) is 5.56 Å². The Morgan fingerprint density at radius 1 is 1.27 bits per heavy atom. The van der Waals surface area contributed by atoms with Gasteiger partial charge in [0, 0.05) is 16.8 Å². The third-order valence-corrected chi connectivity index (χ3v) is 2.77. The largest absolute Gasteiger partial charge is 0.480 e. The van der Waals surface area contributed by atoms with Gasteiger partial charge in [-0.1, -0.05) is 18.1 Å². The molecule has 2 aromatic rings. The van der Waals surface area contributed by atoms with Crippen LogP contribution in [-0.4, -0.2) is 18.7 Å². The van der Waals surface area contributed by atoms with Crippen molar-refractivity contribution in [3.05, 3.63) is 59.7 Å². The highest BCUT2D eigenvalue weighted by Crippen LogP contribution is 2.15. The number of nitrogens with two attached hydrogens (primary N) is 1. The lowest BCUT2D eigenvalue weighted by Crippen LogP contribution is -2.17. The molecule has 0 spiro atoms. The van der Waals surface area contributed by atoms with Crippen molar-refractivity contribution >= 4 is 17.8 Å². The van der Waals surface area contributed by atoms with E-state index >= 15 is 0 Å². The minimum Gasteiger partial charge on any atom is -0.480 e. The Bertz CT molecular complexity index is 715. The van der Waals surface area contributed by atoms with Crippen LogP contribution < -0.4 is 15.9 Å². The standard InChI is InChI=1S/C17H15N3O2/c1-2-11-22-16-6-4-3-5-14(16)12-19-20-17(21)13-7-9-15(18)10-8-13/h1,3-10,12H,11,18H2,(H,20,21)/b19-12-. The molecule has 0 atom stereocenters. The molecule has 5 heteroatoms. The van der Waals surface area contributed by atoms with Gasteiger partial charge < -0.3 is 10.5 Å². The van der Waals surface area contributed by atoms with Crippen molar-refractivity contribution in [1.29, 1.82) is 0 Å². The van der Waals surface area contributed by atoms with Crippen LogP contribution in [0.25, 0.3) is 0 Å². The minimum absolute atomic E-state index is 0.169. The van der Waals surface area contributed by atoms with Gasteiger partial charge in [0.25, 0.3) is 5.91 Å². The summed E-state index contributed by atoms with van der Waals surface area (Å²) in [7, 11) is 0. The number of ether oxygens (including phenoxy) is 1. The normalized spacial score (nSPS) is 10.1. The Morgan fingerprint density at radius 3 is 2.73 bits per heavy atom. The van der Waals surface area contributed by atoms with E-state index in [1.165, 1.54) is 6.21 Å². The average molecular weight is 293 g/mol. The fourth-order valence-corrected chi connectivity index (χ4v) is 1.70. The van der Waals surface area contributed by atoms with Gasteiger partial charge in [0.15, 0.2) is 0 Å². The number of carbonyl (C=O) groups excluding carboxylic acids is 1. The van der Waals surface area contributed by atoms with Crippen molar-refractivity contribution in [3.8, 4) is 18.1 Å². The number of nitrogen functional groups attached to an aromatic ring is 1. The number of carbonyl (C=O) groups is 1. The van der Waals surface area contributed by atoms with Gasteiger partial charge in [-0.2, -0.15) is 5.10 Å². The van der Waals surface area contributed by atoms with Gasteiger partial charge in [-0.25, -0.2) is 5.43 Å². The molecule has 0 saturated carbocycles. The summed E-state index contributed by atoms with van der Waals surface area (Å²) in [6.07, 6.45) is 6.67. The summed E-state index contributed by atoms with van der Waals surface area (Å²) in [5.41, 5.74) is 9.80. The molecule has 0 bridgehead atoms. The highest BCUT2D eigenvalue weighted by molar-refractivity contribution is 5.95. The molecule has 0 aliphatic rings. The van der Waals surface area contributed by atoms with Crippen molar-refractivity contribution in [2.75, 3.05) is 12.3 Å². The number of amides is 1. The SMILES string of the molecule is C#CCOc1ccccc1/C=N\NC(=O)c1ccc(N)cc1. The molecular weight excluding hydrogens is 278 g/mol. The molecule has 110 valence electrons. The molecule has 0 heterocycles. The second kappa shape index (κ2) is 7.50. The third-order valence-electron chi connectivity index (χ3n) is 2.77. The maximum absolute atomic E-state index is 11.9. The van der Waals surface area contributed by atoms with Gasteiger partial charge in [-0.3, -0.25) is 4.79 Å². The molecule has 0 aliphatic carbocycles. The van der Waals surface area contributed by atoms with Crippen LogP contribution >= 0.6 is 0 Å². The van der Waals surface area contributed by atoms with E-state index < -0.39 is 0 Å². The summed E-state index contributed by atoms with van der Waals surface area (Å²) in [5, 5.41) is 3.92. The Hall–Kier alpha value is -3.26. The van der Waals surface area contributed by atoms with Gasteiger partial charge in [0.1, 0.15) is 12.4 Å². The van der Waals surface area contributed by atoms with E-state index in [1.807, 2.05) is 18.2 Å². The molecule has 2 rings (SSSR count). The predicted octanol–water partition coefficient (Wildman–Crippen LogP) is 2.04. The zero-order valence-electron chi connectivity index (χ0n) is 11.8. The number of rotatable bonds is 5. The molecule has 5 nitrogen and oxygen atoms in total. The molecule has 3 N–H and O–H groups in total. The van der Waals surface area contributed by atoms with Gasteiger partial charge in [0.2, 0.25) is 0 Å². The summed E-state index contributed by atoms with van der Waals surface area (Å²) in [6.45, 7) is 0.169. The van der Waals surface area contributed by atoms with Crippen LogP contribution in [0.15, 0.2) is 53.6 Å². The lowest BCUT2D eigenvalue weighted by molar-refractivity contribution is 0.0955. The van der Waals surface area contributed by atoms with Crippen LogP contribution in [0.1, 0.15) is 15.9 Å². The number of hydrogen-bond acceptors (Lipinski definition) is 4. The summed E-state index contributed by atoms with van der Waals surface area (Å²) >= 11 is 0. The Labute approximate surface area is 128 Å². The van der Waals surface area contributed by atoms with Gasteiger partial charge in [-0.05, 0) is 36.4 Å². The Morgan fingerprint density at radius 2 is 2.00 bits per heavy atom. The summed E-state index contributed by atoms with van der Waals surface area (Å²) in [6, 6.07) is 13.8. The molecule has 0 aromatic heterocycles. The zero-order valence-corrected chi connectivity index (χ0v) is 11.8. The number of para-hydroxylation sites is 1. The highest BCUT2D eigenvalue weighted by atomic mass is 16.5. The van der Waals surface area contributed by atoms with E-state index in [4.69, 9.17) is 16.9 Å². The summed E-state index contributed by atoms with van der Waals surface area (Å²) < 4.78 is 5.39. The topological polar surface area (TPSA) is 76.7 Å². The molecule has 1 amide bonds. The van der Waals surface area contributed by atoms with Crippen molar-refractivity contribution in [1.82, 2.24) is 5.43 Å². The number of nitrogens with zero attached hydrogens (tertiary/aromatic N) is 1. The quantitative estimate of drug-likeness (QED) is 0.383. The number of terminal acetylenes is 1. The predicted molar refractivity (Wildman–Crippen MR) is 86.7 cm³/mol. The Kier molecular flexibility index (Phi) is 5.16. The van der Waals surface area contributed by atoms with Gasteiger partial charge >= 0.3 is 0 Å². The Balaban J connectivity index is 2.02. The summed E-state index contributed by atoms with van der Waals surface area (Å²) in [5.74, 6) is 2.68. The first-order chi connectivity index (χ1) is 10.7. The number of benzene rings is 2. The van der Waals surface area contributed by atoms with E-state index in [1.54, 1.807) is 30.3 Å². The first kappa shape index (κ1) is 15.1. The second-order valence-electron chi connectivity index (χ2n) is 4.35. The fraction of sp³-hybridized carbons (Fsp3) is 0.0588. The van der Waals surface area contributed by atoms with Crippen LogP contribution in [0.2, 0.25) is 0 Å². The number of anilines is 1. The fourth-order valence-electron chi connectivity index (χ4n) is 1.70. The zero-order chi connectivity index (χ0) is 15.8. The van der Waals surface area contributed by atoms with Gasteiger partial charge in [-0.15, -0.1) is 6.42 Å². The number of hydrogen-bond donors (Lipinski definition) is 2. The molecule has 0 unspecified atom stereocenters. The minimum atomic E-state index is -0.321. The third kappa shape index (κ3) is 4.12. The van der Waals surface area contributed by atoms with Crippen LogP contribution in [0.4, 0.5) is 5.69 Å². The first-order valence-corrected chi connectivity index (χ1v) is 6.55. The van der Waals surface area contributed by atoms with Crippen LogP contribution in [0.5, 0.6) is 5.75 Å². The van der Waals surface area contributed by atoms with Crippen LogP contribution in [0, 0.1) is 12.3 Å². The van der Waals surface area contributed by atoms with Crippen molar-refractivity contribution in [2.24, 2.45) is 5.10 Å². The van der Waals surface area contributed by atoms with Crippen LogP contribution in [-0.2, 0) is 0 Å². The smallest absolute Gasteiger partial charge is 0.271 e. The van der Waals surface area contributed by atoms with Gasteiger partial charge in [0.05, 0.1) is 6.21 Å². The maximum atomic E-state index is 11.9. The van der Waals surface area contributed by atoms with E-state index in [0.29, 0.717) is 17.0 Å². The lowest BCUT2D eigenvalue weighted by Gasteiger charge is -2.05. The number of hydrazone groups is 1. The molecule has 2 aromatic carbocycles. The van der Waals surface area contributed by atoms with E-state index in [9.17, 15) is 4.79 Å². The lowest BCUT2D eigenvalue weighted by atomic mass is 10.2. The monoisotopic (exact) mass is 293 g/mol. The molecule has 0 aliphatic heterocycles. The highest BCUT2D eigenvalue weighted by Gasteiger charge is 2.03.